The van der Waals surface area contributed by atoms with Crippen LogP contribution in [0.2, 0.25) is 0 Å². The van der Waals surface area contributed by atoms with Crippen LogP contribution in [0.1, 0.15) is 35.1 Å². The Morgan fingerprint density at radius 2 is 2.22 bits per heavy atom. The predicted octanol–water partition coefficient (Wildman–Crippen LogP) is 2.41. The van der Waals surface area contributed by atoms with Crippen LogP contribution in [0, 0.1) is 17.0 Å². The van der Waals surface area contributed by atoms with Gasteiger partial charge in [0.25, 0.3) is 12.1 Å². The second-order valence-corrected chi connectivity index (χ2v) is 3.32. The number of nitro groups is 1. The number of rotatable bonds is 4. The Hall–Kier alpha value is -2.12. The van der Waals surface area contributed by atoms with E-state index in [2.05, 4.69) is 9.72 Å². The largest absolute Gasteiger partial charge is 0.461 e. The van der Waals surface area contributed by atoms with Crippen LogP contribution in [-0.2, 0) is 4.74 Å². The summed E-state index contributed by atoms with van der Waals surface area (Å²) in [6.07, 6.45) is -3.00. The molecule has 0 saturated carbocycles. The highest BCUT2D eigenvalue weighted by molar-refractivity contribution is 5.88. The summed E-state index contributed by atoms with van der Waals surface area (Å²) in [5, 5.41) is 10.7. The monoisotopic (exact) mass is 260 g/mol. The number of carbonyl (C=O) groups is 1. The Morgan fingerprint density at radius 1 is 1.61 bits per heavy atom. The van der Waals surface area contributed by atoms with Gasteiger partial charge in [-0.2, -0.15) is 0 Å². The van der Waals surface area contributed by atoms with E-state index in [4.69, 9.17) is 0 Å². The number of aromatic nitrogens is 1. The standard InChI is InChI=1S/C10H10F2N2O4/c1-3-18-10(15)6-4-7(14(16)17)5(2)8(13-6)9(11)12/h4,9H,3H2,1-2H3. The minimum Gasteiger partial charge on any atom is -0.461 e. The van der Waals surface area contributed by atoms with Crippen molar-refractivity contribution in [3.05, 3.63) is 33.1 Å². The van der Waals surface area contributed by atoms with E-state index in [1.807, 2.05) is 0 Å². The van der Waals surface area contributed by atoms with Crippen molar-refractivity contribution in [2.45, 2.75) is 20.3 Å². The van der Waals surface area contributed by atoms with Crippen LogP contribution in [0.25, 0.3) is 0 Å². The first-order chi connectivity index (χ1) is 8.38. The van der Waals surface area contributed by atoms with Gasteiger partial charge in [0.1, 0.15) is 5.69 Å². The molecule has 0 unspecified atom stereocenters. The van der Waals surface area contributed by atoms with Crippen LogP contribution >= 0.6 is 0 Å². The van der Waals surface area contributed by atoms with Crippen molar-refractivity contribution in [3.63, 3.8) is 0 Å². The Balaban J connectivity index is 3.38. The average molecular weight is 260 g/mol. The minimum absolute atomic E-state index is 0.0200. The molecule has 1 heterocycles. The first-order valence-corrected chi connectivity index (χ1v) is 4.99. The van der Waals surface area contributed by atoms with Crippen molar-refractivity contribution in [2.75, 3.05) is 6.61 Å². The lowest BCUT2D eigenvalue weighted by atomic mass is 10.1. The molecule has 0 aliphatic rings. The number of halogens is 2. The van der Waals surface area contributed by atoms with Crippen LogP contribution in [0.15, 0.2) is 6.07 Å². The molecule has 0 aliphatic carbocycles. The third kappa shape index (κ3) is 2.76. The lowest BCUT2D eigenvalue weighted by molar-refractivity contribution is -0.385. The van der Waals surface area contributed by atoms with Crippen molar-refractivity contribution in [3.8, 4) is 0 Å². The van der Waals surface area contributed by atoms with Crippen LogP contribution in [0.3, 0.4) is 0 Å². The fraction of sp³-hybridized carbons (Fsp3) is 0.400. The Kier molecular flexibility index (Phi) is 4.24. The molecule has 0 spiro atoms. The summed E-state index contributed by atoms with van der Waals surface area (Å²) < 4.78 is 29.9. The molecule has 0 aromatic carbocycles. The summed E-state index contributed by atoms with van der Waals surface area (Å²) in [5.41, 5.74) is -2.12. The summed E-state index contributed by atoms with van der Waals surface area (Å²) >= 11 is 0. The van der Waals surface area contributed by atoms with E-state index in [0.717, 1.165) is 13.0 Å². The summed E-state index contributed by atoms with van der Waals surface area (Å²) in [6, 6.07) is 0.833. The van der Waals surface area contributed by atoms with E-state index >= 15 is 0 Å². The number of alkyl halides is 2. The van der Waals surface area contributed by atoms with Crippen LogP contribution < -0.4 is 0 Å². The highest BCUT2D eigenvalue weighted by Gasteiger charge is 2.25. The van der Waals surface area contributed by atoms with Gasteiger partial charge in [0.2, 0.25) is 0 Å². The molecular formula is C10H10F2N2O4. The van der Waals surface area contributed by atoms with E-state index < -0.39 is 34.4 Å². The van der Waals surface area contributed by atoms with Gasteiger partial charge in [-0.3, -0.25) is 10.1 Å². The molecule has 0 saturated heterocycles. The third-order valence-electron chi connectivity index (χ3n) is 2.17. The predicted molar refractivity (Wildman–Crippen MR) is 56.5 cm³/mol. The molecule has 1 aromatic heterocycles. The van der Waals surface area contributed by atoms with Gasteiger partial charge < -0.3 is 4.74 Å². The summed E-state index contributed by atoms with van der Waals surface area (Å²) in [7, 11) is 0. The minimum atomic E-state index is -3.00. The zero-order chi connectivity index (χ0) is 13.9. The molecular weight excluding hydrogens is 250 g/mol. The van der Waals surface area contributed by atoms with Crippen molar-refractivity contribution in [1.29, 1.82) is 0 Å². The van der Waals surface area contributed by atoms with Crippen molar-refractivity contribution >= 4 is 11.7 Å². The first-order valence-electron chi connectivity index (χ1n) is 4.99. The fourth-order valence-corrected chi connectivity index (χ4v) is 1.33. The molecule has 0 amide bonds. The Morgan fingerprint density at radius 3 is 2.67 bits per heavy atom. The molecule has 0 aliphatic heterocycles. The van der Waals surface area contributed by atoms with Gasteiger partial charge >= 0.3 is 5.97 Å². The van der Waals surface area contributed by atoms with Crippen LogP contribution in [0.5, 0.6) is 0 Å². The third-order valence-corrected chi connectivity index (χ3v) is 2.17. The molecule has 0 atom stereocenters. The SMILES string of the molecule is CCOC(=O)c1cc([N+](=O)[O-])c(C)c(C(F)F)n1. The number of hydrogen-bond donors (Lipinski definition) is 0. The number of ether oxygens (including phenoxy) is 1. The number of esters is 1. The van der Waals surface area contributed by atoms with E-state index in [1.165, 1.54) is 6.92 Å². The number of pyridine rings is 1. The lowest BCUT2D eigenvalue weighted by Gasteiger charge is -2.07. The molecule has 6 nitrogen and oxygen atoms in total. The lowest BCUT2D eigenvalue weighted by Crippen LogP contribution is -2.11. The van der Waals surface area contributed by atoms with Gasteiger partial charge in [-0.05, 0) is 13.8 Å². The van der Waals surface area contributed by atoms with Crippen LogP contribution in [0.4, 0.5) is 14.5 Å². The van der Waals surface area contributed by atoms with Crippen molar-refractivity contribution in [2.24, 2.45) is 0 Å². The highest BCUT2D eigenvalue weighted by atomic mass is 19.3. The quantitative estimate of drug-likeness (QED) is 0.471. The maximum Gasteiger partial charge on any atom is 0.357 e. The van der Waals surface area contributed by atoms with Gasteiger partial charge in [0, 0.05) is 6.07 Å². The maximum atomic E-state index is 12.7. The molecule has 0 bridgehead atoms. The second-order valence-electron chi connectivity index (χ2n) is 3.32. The topological polar surface area (TPSA) is 82.3 Å². The van der Waals surface area contributed by atoms with Gasteiger partial charge in [-0.1, -0.05) is 0 Å². The molecule has 98 valence electrons. The summed E-state index contributed by atoms with van der Waals surface area (Å²) in [4.78, 5) is 24.6. The average Bonchev–Trinajstić information content (AvgIpc) is 2.28. The summed E-state index contributed by atoms with van der Waals surface area (Å²) in [6.45, 7) is 2.70. The van der Waals surface area contributed by atoms with Crippen molar-refractivity contribution in [1.82, 2.24) is 4.98 Å². The van der Waals surface area contributed by atoms with Gasteiger partial charge in [0.05, 0.1) is 17.1 Å². The smallest absolute Gasteiger partial charge is 0.357 e. The number of nitrogens with zero attached hydrogens (tertiary/aromatic N) is 2. The molecule has 0 N–H and O–H groups in total. The Labute approximate surface area is 101 Å². The molecule has 0 fully saturated rings. The summed E-state index contributed by atoms with van der Waals surface area (Å²) in [5.74, 6) is -0.970. The van der Waals surface area contributed by atoms with E-state index in [1.54, 1.807) is 0 Å². The van der Waals surface area contributed by atoms with E-state index in [9.17, 15) is 23.7 Å². The molecule has 0 radical (unpaired) electrons. The number of hydrogen-bond acceptors (Lipinski definition) is 5. The van der Waals surface area contributed by atoms with Gasteiger partial charge in [-0.25, -0.2) is 18.6 Å². The van der Waals surface area contributed by atoms with Gasteiger partial charge in [-0.15, -0.1) is 0 Å². The van der Waals surface area contributed by atoms with Gasteiger partial charge in [0.15, 0.2) is 5.69 Å². The van der Waals surface area contributed by atoms with E-state index in [0.29, 0.717) is 0 Å². The molecule has 1 aromatic rings. The molecule has 18 heavy (non-hydrogen) atoms. The molecule has 1 rings (SSSR count). The molecule has 8 heteroatoms. The normalized spacial score (nSPS) is 10.5. The Bertz CT molecular complexity index is 491. The zero-order valence-electron chi connectivity index (χ0n) is 9.65. The van der Waals surface area contributed by atoms with Crippen molar-refractivity contribution < 1.29 is 23.2 Å². The van der Waals surface area contributed by atoms with Crippen LogP contribution in [-0.4, -0.2) is 22.5 Å². The highest BCUT2D eigenvalue weighted by Crippen LogP contribution is 2.28. The zero-order valence-corrected chi connectivity index (χ0v) is 9.65. The maximum absolute atomic E-state index is 12.7. The second kappa shape index (κ2) is 5.48. The first kappa shape index (κ1) is 13.9. The number of carbonyl (C=O) groups excluding carboxylic acids is 1. The van der Waals surface area contributed by atoms with E-state index in [-0.39, 0.29) is 12.2 Å². The fourth-order valence-electron chi connectivity index (χ4n) is 1.33.